The summed E-state index contributed by atoms with van der Waals surface area (Å²) in [6.07, 6.45) is 3.35. The van der Waals surface area contributed by atoms with Crippen LogP contribution in [0.4, 0.5) is 0 Å². The average molecular weight is 351 g/mol. The lowest BCUT2D eigenvalue weighted by Crippen LogP contribution is -2.31. The van der Waals surface area contributed by atoms with Crippen LogP contribution in [0.2, 0.25) is 0 Å². The predicted molar refractivity (Wildman–Crippen MR) is 92.9 cm³/mol. The summed E-state index contributed by atoms with van der Waals surface area (Å²) in [5.74, 6) is 0.674. The maximum Gasteiger partial charge on any atom is 0.254 e. The molecule has 1 saturated carbocycles. The molecule has 0 atom stereocenters. The maximum atomic E-state index is 12.9. The molecule has 0 saturated heterocycles. The number of aromatic nitrogens is 3. The highest BCUT2D eigenvalue weighted by Gasteiger charge is 2.25. The molecule has 0 spiro atoms. The van der Waals surface area contributed by atoms with Crippen molar-refractivity contribution in [3.05, 3.63) is 46.8 Å². The fourth-order valence-corrected chi connectivity index (χ4v) is 3.15. The molecule has 7 heteroatoms. The molecule has 1 amide bonds. The molecule has 1 fully saturated rings. The Morgan fingerprint density at radius 2 is 2.08 bits per heavy atom. The van der Waals surface area contributed by atoms with Gasteiger partial charge in [0, 0.05) is 25.3 Å². The van der Waals surface area contributed by atoms with Crippen LogP contribution in [0.1, 0.15) is 46.6 Å². The van der Waals surface area contributed by atoms with Crippen molar-refractivity contribution < 1.29 is 9.53 Å². The van der Waals surface area contributed by atoms with Crippen molar-refractivity contribution in [1.29, 1.82) is 5.26 Å². The van der Waals surface area contributed by atoms with E-state index in [9.17, 15) is 4.79 Å². The summed E-state index contributed by atoms with van der Waals surface area (Å²) >= 11 is 0. The minimum absolute atomic E-state index is 0.0333. The number of nitriles is 1. The van der Waals surface area contributed by atoms with Crippen LogP contribution in [0.5, 0.6) is 0 Å². The van der Waals surface area contributed by atoms with Crippen LogP contribution in [0.15, 0.2) is 24.3 Å². The third-order valence-corrected chi connectivity index (χ3v) is 4.89. The van der Waals surface area contributed by atoms with E-state index in [1.54, 1.807) is 24.3 Å². The Labute approximate surface area is 152 Å². The monoisotopic (exact) mass is 351 g/mol. The van der Waals surface area contributed by atoms with E-state index in [2.05, 4.69) is 16.4 Å². The summed E-state index contributed by atoms with van der Waals surface area (Å²) in [5.41, 5.74) is 2.93. The first kappa shape index (κ1) is 16.7. The molecule has 0 bridgehead atoms. The van der Waals surface area contributed by atoms with E-state index in [1.807, 2.05) is 9.58 Å². The van der Waals surface area contributed by atoms with Gasteiger partial charge in [-0.05, 0) is 49.4 Å². The van der Waals surface area contributed by atoms with E-state index in [0.717, 1.165) is 31.0 Å². The Balaban J connectivity index is 1.48. The van der Waals surface area contributed by atoms with E-state index in [0.29, 0.717) is 36.7 Å². The van der Waals surface area contributed by atoms with Gasteiger partial charge in [-0.25, -0.2) is 4.68 Å². The molecule has 2 aromatic rings. The number of hydrogen-bond acceptors (Lipinski definition) is 5. The lowest BCUT2D eigenvalue weighted by Gasteiger charge is -2.20. The van der Waals surface area contributed by atoms with Crippen LogP contribution in [0.25, 0.3) is 0 Å². The molecule has 7 nitrogen and oxygen atoms in total. The van der Waals surface area contributed by atoms with E-state index in [1.165, 1.54) is 12.8 Å². The first-order valence-electron chi connectivity index (χ1n) is 9.03. The van der Waals surface area contributed by atoms with Crippen molar-refractivity contribution in [2.45, 2.75) is 39.0 Å². The molecule has 1 aliphatic heterocycles. The van der Waals surface area contributed by atoms with Gasteiger partial charge in [0.2, 0.25) is 0 Å². The van der Waals surface area contributed by atoms with Gasteiger partial charge in [0.1, 0.15) is 5.69 Å². The second-order valence-electron chi connectivity index (χ2n) is 6.93. The van der Waals surface area contributed by atoms with Crippen LogP contribution in [0.3, 0.4) is 0 Å². The van der Waals surface area contributed by atoms with E-state index >= 15 is 0 Å². The standard InChI is InChI=1S/C19H21N5O2/c20-10-14-4-6-16(7-5-14)19(25)23-8-1-9-24-18(11-23)17(21-22-24)13-26-12-15-2-3-15/h4-7,15H,1-3,8-9,11-13H2. The average Bonchev–Trinajstić information content (AvgIpc) is 3.46. The highest BCUT2D eigenvalue weighted by Crippen LogP contribution is 2.29. The zero-order valence-corrected chi connectivity index (χ0v) is 14.6. The van der Waals surface area contributed by atoms with Crippen LogP contribution in [-0.4, -0.2) is 39.0 Å². The topological polar surface area (TPSA) is 84.0 Å². The van der Waals surface area contributed by atoms with Gasteiger partial charge in [-0.2, -0.15) is 5.26 Å². The number of nitrogens with zero attached hydrogens (tertiary/aromatic N) is 5. The van der Waals surface area contributed by atoms with Crippen molar-refractivity contribution in [3.63, 3.8) is 0 Å². The van der Waals surface area contributed by atoms with Crippen LogP contribution in [-0.2, 0) is 24.4 Å². The smallest absolute Gasteiger partial charge is 0.254 e. The van der Waals surface area contributed by atoms with Gasteiger partial charge < -0.3 is 9.64 Å². The Morgan fingerprint density at radius 3 is 2.81 bits per heavy atom. The van der Waals surface area contributed by atoms with Crippen molar-refractivity contribution in [2.24, 2.45) is 5.92 Å². The zero-order chi connectivity index (χ0) is 17.9. The van der Waals surface area contributed by atoms with Crippen LogP contribution < -0.4 is 0 Å². The Kier molecular flexibility index (Phi) is 4.67. The Hall–Kier alpha value is -2.72. The molecular weight excluding hydrogens is 330 g/mol. The third-order valence-electron chi connectivity index (χ3n) is 4.89. The SMILES string of the molecule is N#Cc1ccc(C(=O)N2CCCn3nnc(COCC4CC4)c3C2)cc1. The second kappa shape index (κ2) is 7.26. The number of carbonyl (C=O) groups is 1. The molecule has 26 heavy (non-hydrogen) atoms. The van der Waals surface area contributed by atoms with Crippen molar-refractivity contribution in [2.75, 3.05) is 13.2 Å². The van der Waals surface area contributed by atoms with E-state index < -0.39 is 0 Å². The molecule has 1 aromatic carbocycles. The van der Waals surface area contributed by atoms with Crippen LogP contribution >= 0.6 is 0 Å². The molecule has 4 rings (SSSR count). The van der Waals surface area contributed by atoms with Gasteiger partial charge in [-0.1, -0.05) is 5.21 Å². The fraction of sp³-hybridized carbons (Fsp3) is 0.474. The number of benzene rings is 1. The van der Waals surface area contributed by atoms with Crippen molar-refractivity contribution in [3.8, 4) is 6.07 Å². The number of amides is 1. The quantitative estimate of drug-likeness (QED) is 0.824. The molecule has 1 aliphatic carbocycles. The molecule has 0 radical (unpaired) electrons. The number of aryl methyl sites for hydroxylation is 1. The minimum Gasteiger partial charge on any atom is -0.375 e. The lowest BCUT2D eigenvalue weighted by atomic mass is 10.1. The summed E-state index contributed by atoms with van der Waals surface area (Å²) in [6.45, 7) is 3.13. The molecule has 0 N–H and O–H groups in total. The molecule has 134 valence electrons. The molecule has 1 aromatic heterocycles. The summed E-state index contributed by atoms with van der Waals surface area (Å²) in [4.78, 5) is 14.7. The molecular formula is C19H21N5O2. The molecule has 2 heterocycles. The Morgan fingerprint density at radius 1 is 1.27 bits per heavy atom. The van der Waals surface area contributed by atoms with Gasteiger partial charge in [0.05, 0.1) is 30.5 Å². The largest absolute Gasteiger partial charge is 0.375 e. The normalized spacial score (nSPS) is 16.7. The fourth-order valence-electron chi connectivity index (χ4n) is 3.15. The number of carbonyl (C=O) groups excluding carboxylic acids is 1. The third kappa shape index (κ3) is 3.60. The summed E-state index contributed by atoms with van der Waals surface area (Å²) < 4.78 is 7.66. The highest BCUT2D eigenvalue weighted by molar-refractivity contribution is 5.94. The lowest BCUT2D eigenvalue weighted by molar-refractivity contribution is 0.0741. The van der Waals surface area contributed by atoms with Crippen molar-refractivity contribution in [1.82, 2.24) is 19.9 Å². The molecule has 0 unspecified atom stereocenters. The zero-order valence-electron chi connectivity index (χ0n) is 14.6. The van der Waals surface area contributed by atoms with E-state index in [-0.39, 0.29) is 5.91 Å². The van der Waals surface area contributed by atoms with Crippen molar-refractivity contribution >= 4 is 5.91 Å². The number of fused-ring (bicyclic) bond motifs is 1. The minimum atomic E-state index is -0.0333. The number of rotatable bonds is 5. The van der Waals surface area contributed by atoms with Gasteiger partial charge >= 0.3 is 0 Å². The van der Waals surface area contributed by atoms with Gasteiger partial charge in [0.25, 0.3) is 5.91 Å². The molecule has 2 aliphatic rings. The number of ether oxygens (including phenoxy) is 1. The predicted octanol–water partition coefficient (Wildman–Crippen LogP) is 2.12. The summed E-state index contributed by atoms with van der Waals surface area (Å²) in [7, 11) is 0. The maximum absolute atomic E-state index is 12.9. The van der Waals surface area contributed by atoms with Gasteiger partial charge in [-0.3, -0.25) is 4.79 Å². The summed E-state index contributed by atoms with van der Waals surface area (Å²) in [6, 6.07) is 8.84. The summed E-state index contributed by atoms with van der Waals surface area (Å²) in [5, 5.41) is 17.4. The van der Waals surface area contributed by atoms with Crippen LogP contribution in [0, 0.1) is 17.2 Å². The van der Waals surface area contributed by atoms with Gasteiger partial charge in [-0.15, -0.1) is 5.10 Å². The van der Waals surface area contributed by atoms with Gasteiger partial charge in [0.15, 0.2) is 0 Å². The first-order chi connectivity index (χ1) is 12.7. The van der Waals surface area contributed by atoms with E-state index in [4.69, 9.17) is 10.00 Å². The Bertz CT molecular complexity index is 833. The highest BCUT2D eigenvalue weighted by atomic mass is 16.5. The number of hydrogen-bond donors (Lipinski definition) is 0. The first-order valence-corrected chi connectivity index (χ1v) is 9.03. The second-order valence-corrected chi connectivity index (χ2v) is 6.93.